The maximum atomic E-state index is 12.5. The molecule has 1 aromatic carbocycles. The van der Waals surface area contributed by atoms with Crippen LogP contribution in [0.1, 0.15) is 15.9 Å². The van der Waals surface area contributed by atoms with Crippen molar-refractivity contribution in [2.75, 3.05) is 12.3 Å². The minimum absolute atomic E-state index is 0.253. The predicted molar refractivity (Wildman–Crippen MR) is 66.8 cm³/mol. The maximum absolute atomic E-state index is 12.5. The molecule has 0 fully saturated rings. The van der Waals surface area contributed by atoms with Crippen LogP contribution in [0.5, 0.6) is 0 Å². The molecule has 0 aliphatic carbocycles. The van der Waals surface area contributed by atoms with Gasteiger partial charge in [0, 0.05) is 17.1 Å². The Hall–Kier alpha value is -1.32. The van der Waals surface area contributed by atoms with E-state index in [9.17, 15) is 26.4 Å². The molecule has 3 N–H and O–H groups in total. The lowest BCUT2D eigenvalue weighted by Crippen LogP contribution is -2.31. The molecule has 0 aliphatic rings. The summed E-state index contributed by atoms with van der Waals surface area (Å²) in [6.07, 6.45) is -4.64. The molecule has 0 saturated carbocycles. The third kappa shape index (κ3) is 5.35. The monoisotopic (exact) mass is 330 g/mol. The van der Waals surface area contributed by atoms with Crippen LogP contribution in [0.2, 0.25) is 5.02 Å². The van der Waals surface area contributed by atoms with Crippen LogP contribution in [-0.2, 0) is 16.2 Å². The Bertz CT molecular complexity index is 617. The second kappa shape index (κ2) is 5.98. The fourth-order valence-electron chi connectivity index (χ4n) is 1.29. The average Bonchev–Trinajstić information content (AvgIpc) is 2.25. The van der Waals surface area contributed by atoms with Crippen molar-refractivity contribution in [3.8, 4) is 0 Å². The first kappa shape index (κ1) is 16.7. The number of rotatable bonds is 4. The van der Waals surface area contributed by atoms with Gasteiger partial charge < -0.3 is 5.32 Å². The third-order valence-electron chi connectivity index (χ3n) is 2.16. The first-order chi connectivity index (χ1) is 8.99. The van der Waals surface area contributed by atoms with Crippen LogP contribution >= 0.6 is 11.6 Å². The minimum atomic E-state index is -4.64. The van der Waals surface area contributed by atoms with Gasteiger partial charge in [0.15, 0.2) is 0 Å². The molecule has 0 aliphatic heterocycles. The summed E-state index contributed by atoms with van der Waals surface area (Å²) < 4.78 is 58.9. The van der Waals surface area contributed by atoms with Crippen molar-refractivity contribution in [3.05, 3.63) is 34.3 Å². The van der Waals surface area contributed by atoms with E-state index in [0.29, 0.717) is 12.1 Å². The Kier molecular flexibility index (Phi) is 5.00. The van der Waals surface area contributed by atoms with Crippen LogP contribution < -0.4 is 10.5 Å². The molecular weight excluding hydrogens is 321 g/mol. The van der Waals surface area contributed by atoms with Crippen molar-refractivity contribution < 1.29 is 26.4 Å². The van der Waals surface area contributed by atoms with Gasteiger partial charge in [-0.3, -0.25) is 4.79 Å². The number of carbonyl (C=O) groups is 1. The molecule has 1 aromatic rings. The Morgan fingerprint density at radius 2 is 1.90 bits per heavy atom. The number of alkyl halides is 3. The highest BCUT2D eigenvalue weighted by Crippen LogP contribution is 2.31. The largest absolute Gasteiger partial charge is 0.416 e. The molecule has 0 heterocycles. The molecule has 5 nitrogen and oxygen atoms in total. The zero-order chi connectivity index (χ0) is 15.6. The van der Waals surface area contributed by atoms with Crippen molar-refractivity contribution in [2.45, 2.75) is 6.18 Å². The van der Waals surface area contributed by atoms with E-state index >= 15 is 0 Å². The molecule has 0 spiro atoms. The fraction of sp³-hybridized carbons (Fsp3) is 0.300. The molecule has 0 aromatic heterocycles. The molecule has 0 radical (unpaired) electrons. The molecule has 10 heteroatoms. The summed E-state index contributed by atoms with van der Waals surface area (Å²) in [5.74, 6) is -1.40. The predicted octanol–water partition coefficient (Wildman–Crippen LogP) is 1.38. The molecule has 0 saturated heterocycles. The smallest absolute Gasteiger partial charge is 0.351 e. The SMILES string of the molecule is NS(=O)(=O)CCNC(=O)c1cc(Cl)cc(C(F)(F)F)c1. The molecule has 20 heavy (non-hydrogen) atoms. The number of amides is 1. The number of halogens is 4. The number of nitrogens with two attached hydrogens (primary N) is 1. The van der Waals surface area contributed by atoms with Gasteiger partial charge in [0.05, 0.1) is 11.3 Å². The van der Waals surface area contributed by atoms with Gasteiger partial charge in [-0.15, -0.1) is 0 Å². The van der Waals surface area contributed by atoms with E-state index < -0.39 is 33.4 Å². The number of hydrogen-bond acceptors (Lipinski definition) is 3. The van der Waals surface area contributed by atoms with E-state index in [1.165, 1.54) is 0 Å². The highest BCUT2D eigenvalue weighted by Gasteiger charge is 2.31. The molecule has 0 unspecified atom stereocenters. The van der Waals surface area contributed by atoms with Crippen LogP contribution in [0.15, 0.2) is 18.2 Å². The first-order valence-electron chi connectivity index (χ1n) is 5.15. The number of nitrogens with one attached hydrogen (secondary N) is 1. The molecular formula is C10H10ClF3N2O3S. The van der Waals surface area contributed by atoms with Gasteiger partial charge in [0.1, 0.15) is 0 Å². The fourth-order valence-corrected chi connectivity index (χ4v) is 1.91. The van der Waals surface area contributed by atoms with Gasteiger partial charge in [-0.05, 0) is 18.2 Å². The lowest BCUT2D eigenvalue weighted by Gasteiger charge is -2.10. The Labute approximate surface area is 118 Å². The maximum Gasteiger partial charge on any atom is 0.416 e. The number of primary sulfonamides is 1. The summed E-state index contributed by atoms with van der Waals surface area (Å²) in [5.41, 5.74) is -1.39. The van der Waals surface area contributed by atoms with Crippen LogP contribution in [0.4, 0.5) is 13.2 Å². The lowest BCUT2D eigenvalue weighted by molar-refractivity contribution is -0.137. The topological polar surface area (TPSA) is 89.3 Å². The zero-order valence-electron chi connectivity index (χ0n) is 9.87. The summed E-state index contributed by atoms with van der Waals surface area (Å²) in [6.45, 7) is -0.314. The second-order valence-electron chi connectivity index (χ2n) is 3.85. The van der Waals surface area contributed by atoms with Gasteiger partial charge >= 0.3 is 6.18 Å². The van der Waals surface area contributed by atoms with E-state index in [4.69, 9.17) is 16.7 Å². The van der Waals surface area contributed by atoms with Gasteiger partial charge in [0.2, 0.25) is 10.0 Å². The molecule has 1 rings (SSSR count). The van der Waals surface area contributed by atoms with E-state index in [1.807, 2.05) is 0 Å². The average molecular weight is 331 g/mol. The van der Waals surface area contributed by atoms with Crippen molar-refractivity contribution in [1.29, 1.82) is 0 Å². The lowest BCUT2D eigenvalue weighted by atomic mass is 10.1. The summed E-state index contributed by atoms with van der Waals surface area (Å²) in [7, 11) is -3.76. The van der Waals surface area contributed by atoms with Crippen molar-refractivity contribution >= 4 is 27.5 Å². The van der Waals surface area contributed by atoms with Crippen LogP contribution in [0.3, 0.4) is 0 Å². The molecule has 112 valence electrons. The van der Waals surface area contributed by atoms with Crippen LogP contribution in [0, 0.1) is 0 Å². The normalized spacial score (nSPS) is 12.2. The molecule has 0 bridgehead atoms. The number of hydrogen-bond donors (Lipinski definition) is 2. The second-order valence-corrected chi connectivity index (χ2v) is 6.02. The van der Waals surface area contributed by atoms with Crippen molar-refractivity contribution in [3.63, 3.8) is 0 Å². The van der Waals surface area contributed by atoms with Gasteiger partial charge in [-0.25, -0.2) is 13.6 Å². The van der Waals surface area contributed by atoms with E-state index in [0.717, 1.165) is 6.07 Å². The quantitative estimate of drug-likeness (QED) is 0.874. The van der Waals surface area contributed by atoms with Crippen molar-refractivity contribution in [1.82, 2.24) is 5.32 Å². The Morgan fingerprint density at radius 3 is 2.40 bits per heavy atom. The molecule has 1 amide bonds. The summed E-state index contributed by atoms with van der Waals surface area (Å²) in [5, 5.41) is 6.60. The van der Waals surface area contributed by atoms with Crippen LogP contribution in [0.25, 0.3) is 0 Å². The van der Waals surface area contributed by atoms with E-state index in [-0.39, 0.29) is 17.1 Å². The number of carbonyl (C=O) groups excluding carboxylic acids is 1. The summed E-state index contributed by atoms with van der Waals surface area (Å²) in [4.78, 5) is 11.6. The highest BCUT2D eigenvalue weighted by molar-refractivity contribution is 7.89. The van der Waals surface area contributed by atoms with Gasteiger partial charge in [-0.1, -0.05) is 11.6 Å². The van der Waals surface area contributed by atoms with Crippen molar-refractivity contribution in [2.24, 2.45) is 5.14 Å². The number of sulfonamides is 1. The standard InChI is InChI=1S/C10H10ClF3N2O3S/c11-8-4-6(3-7(5-8)10(12,13)14)9(17)16-1-2-20(15,18)19/h3-5H,1-2H2,(H,16,17)(H2,15,18,19). The van der Waals surface area contributed by atoms with Gasteiger partial charge in [0.25, 0.3) is 5.91 Å². The first-order valence-corrected chi connectivity index (χ1v) is 7.25. The highest BCUT2D eigenvalue weighted by atomic mass is 35.5. The Balaban J connectivity index is 2.86. The summed E-state index contributed by atoms with van der Waals surface area (Å²) in [6, 6.07) is 2.35. The number of benzene rings is 1. The van der Waals surface area contributed by atoms with Crippen LogP contribution in [-0.4, -0.2) is 26.6 Å². The van der Waals surface area contributed by atoms with E-state index in [1.54, 1.807) is 0 Å². The zero-order valence-corrected chi connectivity index (χ0v) is 11.4. The van der Waals surface area contributed by atoms with Gasteiger partial charge in [-0.2, -0.15) is 13.2 Å². The van der Waals surface area contributed by atoms with E-state index in [2.05, 4.69) is 5.32 Å². The Morgan fingerprint density at radius 1 is 1.30 bits per heavy atom. The molecule has 0 atom stereocenters. The third-order valence-corrected chi connectivity index (χ3v) is 3.15. The minimum Gasteiger partial charge on any atom is -0.351 e. The summed E-state index contributed by atoms with van der Waals surface area (Å²) >= 11 is 5.51.